The Morgan fingerprint density at radius 1 is 1.37 bits per heavy atom. The van der Waals surface area contributed by atoms with Crippen LogP contribution in [0.15, 0.2) is 30.5 Å². The van der Waals surface area contributed by atoms with Crippen LogP contribution in [0.4, 0.5) is 0 Å². The molecular weight excluding hydrogens is 238 g/mol. The van der Waals surface area contributed by atoms with Gasteiger partial charge in [-0.1, -0.05) is 18.2 Å². The van der Waals surface area contributed by atoms with Gasteiger partial charge in [0.25, 0.3) is 0 Å². The van der Waals surface area contributed by atoms with Gasteiger partial charge in [0.15, 0.2) is 0 Å². The highest BCUT2D eigenvalue weighted by Gasteiger charge is 2.09. The third kappa shape index (κ3) is 3.17. The Kier molecular flexibility index (Phi) is 4.25. The third-order valence-electron chi connectivity index (χ3n) is 3.20. The van der Waals surface area contributed by atoms with E-state index in [2.05, 4.69) is 22.8 Å². The number of hydrogen-bond acceptors (Lipinski definition) is 1. The quantitative estimate of drug-likeness (QED) is 0.636. The molecule has 2 aromatic rings. The van der Waals surface area contributed by atoms with Gasteiger partial charge in [0.2, 0.25) is 0 Å². The molecule has 0 aliphatic rings. The third-order valence-corrected chi connectivity index (χ3v) is 3.20. The van der Waals surface area contributed by atoms with Gasteiger partial charge in [0.05, 0.1) is 0 Å². The molecule has 0 bridgehead atoms. The molecule has 1 aromatic carbocycles. The lowest BCUT2D eigenvalue weighted by atomic mass is 10.1. The summed E-state index contributed by atoms with van der Waals surface area (Å²) in [5.74, 6) is 1.88. The Bertz CT molecular complexity index is 619. The van der Waals surface area contributed by atoms with Crippen LogP contribution < -0.4 is 0 Å². The number of carboxylic acid groups (broad SMARTS) is 1. The van der Waals surface area contributed by atoms with E-state index in [0.717, 1.165) is 35.9 Å². The fraction of sp³-hybridized carbons (Fsp3) is 0.312. The fourth-order valence-electron chi connectivity index (χ4n) is 2.30. The van der Waals surface area contributed by atoms with E-state index >= 15 is 0 Å². The van der Waals surface area contributed by atoms with Gasteiger partial charge in [-0.05, 0) is 24.5 Å². The molecule has 0 fully saturated rings. The summed E-state index contributed by atoms with van der Waals surface area (Å²) in [5.41, 5.74) is 2.25. The molecule has 0 aliphatic carbocycles. The van der Waals surface area contributed by atoms with Crippen LogP contribution in [0.3, 0.4) is 0 Å². The van der Waals surface area contributed by atoms with Crippen LogP contribution in [0.25, 0.3) is 10.9 Å². The number of rotatable bonds is 6. The van der Waals surface area contributed by atoms with Crippen LogP contribution in [0.1, 0.15) is 24.8 Å². The smallest absolute Gasteiger partial charge is 0.303 e. The number of carboxylic acids is 1. The number of terminal acetylenes is 1. The second kappa shape index (κ2) is 6.10. The van der Waals surface area contributed by atoms with Gasteiger partial charge in [0, 0.05) is 36.5 Å². The van der Waals surface area contributed by atoms with Crippen LogP contribution in [0.5, 0.6) is 0 Å². The molecule has 1 heterocycles. The highest BCUT2D eigenvalue weighted by Crippen LogP contribution is 2.23. The SMILES string of the molecule is C#CCCCn1cc(CCC(=O)O)c2ccccc21. The molecule has 1 aromatic heterocycles. The van der Waals surface area contributed by atoms with Crippen molar-refractivity contribution in [2.24, 2.45) is 0 Å². The first-order chi connectivity index (χ1) is 9.22. The molecular formula is C16H17NO2. The second-order valence-corrected chi connectivity index (χ2v) is 4.57. The van der Waals surface area contributed by atoms with E-state index in [9.17, 15) is 4.79 Å². The van der Waals surface area contributed by atoms with Gasteiger partial charge in [-0.3, -0.25) is 4.79 Å². The molecule has 1 N–H and O–H groups in total. The molecule has 0 radical (unpaired) electrons. The number of benzene rings is 1. The van der Waals surface area contributed by atoms with Gasteiger partial charge in [-0.15, -0.1) is 12.3 Å². The van der Waals surface area contributed by atoms with E-state index in [0.29, 0.717) is 6.42 Å². The van der Waals surface area contributed by atoms with Gasteiger partial charge in [-0.25, -0.2) is 0 Å². The maximum Gasteiger partial charge on any atom is 0.303 e. The zero-order chi connectivity index (χ0) is 13.7. The predicted octanol–water partition coefficient (Wildman–Crippen LogP) is 3.07. The molecule has 0 spiro atoms. The van der Waals surface area contributed by atoms with Gasteiger partial charge in [0.1, 0.15) is 0 Å². The van der Waals surface area contributed by atoms with Crippen LogP contribution in [0.2, 0.25) is 0 Å². The lowest BCUT2D eigenvalue weighted by Crippen LogP contribution is -1.97. The van der Waals surface area contributed by atoms with Gasteiger partial charge >= 0.3 is 5.97 Å². The summed E-state index contributed by atoms with van der Waals surface area (Å²) < 4.78 is 2.17. The number of fused-ring (bicyclic) bond motifs is 1. The maximum atomic E-state index is 10.7. The highest BCUT2D eigenvalue weighted by molar-refractivity contribution is 5.84. The number of aliphatic carboxylic acids is 1. The summed E-state index contributed by atoms with van der Waals surface area (Å²) in [6.45, 7) is 0.873. The Balaban J connectivity index is 2.26. The molecule has 3 nitrogen and oxygen atoms in total. The lowest BCUT2D eigenvalue weighted by molar-refractivity contribution is -0.136. The molecule has 0 saturated carbocycles. The Labute approximate surface area is 112 Å². The molecule has 3 heteroatoms. The number of unbranched alkanes of at least 4 members (excludes halogenated alkanes) is 1. The normalized spacial score (nSPS) is 10.5. The van der Waals surface area contributed by atoms with E-state index in [-0.39, 0.29) is 6.42 Å². The van der Waals surface area contributed by atoms with Crippen molar-refractivity contribution in [2.75, 3.05) is 0 Å². The number of aromatic nitrogens is 1. The van der Waals surface area contributed by atoms with Crippen LogP contribution >= 0.6 is 0 Å². The second-order valence-electron chi connectivity index (χ2n) is 4.57. The van der Waals surface area contributed by atoms with E-state index in [1.165, 1.54) is 0 Å². The number of aryl methyl sites for hydroxylation is 2. The van der Waals surface area contributed by atoms with E-state index < -0.39 is 5.97 Å². The minimum absolute atomic E-state index is 0.165. The Hall–Kier alpha value is -2.21. The number of hydrogen-bond donors (Lipinski definition) is 1. The Morgan fingerprint density at radius 3 is 2.89 bits per heavy atom. The number of carbonyl (C=O) groups is 1. The molecule has 0 atom stereocenters. The van der Waals surface area contributed by atoms with Crippen molar-refractivity contribution >= 4 is 16.9 Å². The highest BCUT2D eigenvalue weighted by atomic mass is 16.4. The maximum absolute atomic E-state index is 10.7. The first-order valence-electron chi connectivity index (χ1n) is 6.44. The first-order valence-corrected chi connectivity index (χ1v) is 6.44. The molecule has 0 amide bonds. The van der Waals surface area contributed by atoms with Crippen molar-refractivity contribution < 1.29 is 9.90 Å². The summed E-state index contributed by atoms with van der Waals surface area (Å²) in [6, 6.07) is 8.10. The molecule has 0 unspecified atom stereocenters. The van der Waals surface area contributed by atoms with E-state index in [4.69, 9.17) is 11.5 Å². The average Bonchev–Trinajstić information content (AvgIpc) is 2.76. The Morgan fingerprint density at radius 2 is 2.16 bits per heavy atom. The van der Waals surface area contributed by atoms with Crippen LogP contribution in [-0.2, 0) is 17.8 Å². The topological polar surface area (TPSA) is 42.2 Å². The lowest BCUT2D eigenvalue weighted by Gasteiger charge is -2.02. The van der Waals surface area contributed by atoms with Crippen LogP contribution in [-0.4, -0.2) is 15.6 Å². The zero-order valence-electron chi connectivity index (χ0n) is 10.8. The van der Waals surface area contributed by atoms with Crippen molar-refractivity contribution in [3.8, 4) is 12.3 Å². The van der Waals surface area contributed by atoms with Gasteiger partial charge in [-0.2, -0.15) is 0 Å². The van der Waals surface area contributed by atoms with Crippen molar-refractivity contribution in [1.29, 1.82) is 0 Å². The number of para-hydroxylation sites is 1. The van der Waals surface area contributed by atoms with Gasteiger partial charge < -0.3 is 9.67 Å². The summed E-state index contributed by atoms with van der Waals surface area (Å²) >= 11 is 0. The first kappa shape index (κ1) is 13.2. The number of nitrogens with zero attached hydrogens (tertiary/aromatic N) is 1. The van der Waals surface area contributed by atoms with Crippen LogP contribution in [0, 0.1) is 12.3 Å². The van der Waals surface area contributed by atoms with Crippen molar-refractivity contribution in [2.45, 2.75) is 32.2 Å². The average molecular weight is 255 g/mol. The summed E-state index contributed by atoms with van der Waals surface area (Å²) in [7, 11) is 0. The van der Waals surface area contributed by atoms with E-state index in [1.54, 1.807) is 0 Å². The largest absolute Gasteiger partial charge is 0.481 e. The summed E-state index contributed by atoms with van der Waals surface area (Å²) in [4.78, 5) is 10.7. The summed E-state index contributed by atoms with van der Waals surface area (Å²) in [5, 5.41) is 9.94. The minimum Gasteiger partial charge on any atom is -0.481 e. The zero-order valence-corrected chi connectivity index (χ0v) is 10.8. The molecule has 2 rings (SSSR count). The summed E-state index contributed by atoms with van der Waals surface area (Å²) in [6.07, 6.45) is 9.76. The van der Waals surface area contributed by atoms with Crippen molar-refractivity contribution in [3.63, 3.8) is 0 Å². The van der Waals surface area contributed by atoms with Crippen molar-refractivity contribution in [3.05, 3.63) is 36.0 Å². The standard InChI is InChI=1S/C16H17NO2/c1-2-3-6-11-17-12-13(9-10-16(18)19)14-7-4-5-8-15(14)17/h1,4-5,7-8,12H,3,6,9-11H2,(H,18,19). The molecule has 19 heavy (non-hydrogen) atoms. The fourth-order valence-corrected chi connectivity index (χ4v) is 2.30. The molecule has 0 saturated heterocycles. The predicted molar refractivity (Wildman–Crippen MR) is 76.0 cm³/mol. The van der Waals surface area contributed by atoms with E-state index in [1.807, 2.05) is 18.2 Å². The van der Waals surface area contributed by atoms with Crippen molar-refractivity contribution in [1.82, 2.24) is 4.57 Å². The minimum atomic E-state index is -0.760. The monoisotopic (exact) mass is 255 g/mol. The molecule has 98 valence electrons. The molecule has 0 aliphatic heterocycles.